The Bertz CT molecular complexity index is 91.9. The van der Waals surface area contributed by atoms with Crippen LogP contribution >= 0.6 is 25.3 Å². The van der Waals surface area contributed by atoms with E-state index in [1.807, 2.05) is 0 Å². The highest BCUT2D eigenvalue weighted by atomic mass is 32.1. The van der Waals surface area contributed by atoms with E-state index in [0.29, 0.717) is 15.9 Å². The fraction of sp³-hybridized carbons (Fsp3) is 1.00. The standard InChI is InChI=1S/C8H18S2/c1-6(9)5-7(10)8(2,3)4/h6-7,9-10H,5H2,1-4H3. The maximum absolute atomic E-state index is 4.50. The second-order valence-corrected chi connectivity index (χ2v) is 5.47. The van der Waals surface area contributed by atoms with Crippen molar-refractivity contribution in [1.82, 2.24) is 0 Å². The third-order valence-corrected chi connectivity index (χ3v) is 2.76. The summed E-state index contributed by atoms with van der Waals surface area (Å²) in [6, 6.07) is 0. The predicted octanol–water partition coefficient (Wildman–Crippen LogP) is 3.04. The second kappa shape index (κ2) is 3.91. The lowest BCUT2D eigenvalue weighted by atomic mass is 9.89. The molecule has 0 amide bonds. The summed E-state index contributed by atoms with van der Waals surface area (Å²) in [4.78, 5) is 0. The molecule has 0 rings (SSSR count). The Morgan fingerprint density at radius 2 is 1.60 bits per heavy atom. The van der Waals surface area contributed by atoms with Crippen LogP contribution in [-0.4, -0.2) is 10.5 Å². The lowest BCUT2D eigenvalue weighted by Gasteiger charge is -2.27. The summed E-state index contributed by atoms with van der Waals surface area (Å²) in [5, 5.41) is 0.918. The third kappa shape index (κ3) is 4.51. The summed E-state index contributed by atoms with van der Waals surface area (Å²) < 4.78 is 0. The van der Waals surface area contributed by atoms with Crippen LogP contribution in [0.25, 0.3) is 0 Å². The van der Waals surface area contributed by atoms with Crippen molar-refractivity contribution in [2.45, 2.75) is 44.6 Å². The zero-order valence-electron chi connectivity index (χ0n) is 7.26. The molecule has 0 aromatic rings. The second-order valence-electron chi connectivity index (χ2n) is 3.97. The lowest BCUT2D eigenvalue weighted by Crippen LogP contribution is -2.23. The monoisotopic (exact) mass is 178 g/mol. The van der Waals surface area contributed by atoms with Gasteiger partial charge in [-0.1, -0.05) is 27.7 Å². The normalized spacial score (nSPS) is 18.6. The first-order chi connectivity index (χ1) is 4.34. The van der Waals surface area contributed by atoms with Gasteiger partial charge in [0, 0.05) is 5.25 Å². The van der Waals surface area contributed by atoms with Gasteiger partial charge >= 0.3 is 0 Å². The molecule has 0 saturated carbocycles. The van der Waals surface area contributed by atoms with Crippen molar-refractivity contribution in [1.29, 1.82) is 0 Å². The Morgan fingerprint density at radius 1 is 1.20 bits per heavy atom. The van der Waals surface area contributed by atoms with Gasteiger partial charge in [0.15, 0.2) is 0 Å². The predicted molar refractivity (Wildman–Crippen MR) is 55.3 cm³/mol. The Kier molecular flexibility index (Phi) is 4.19. The molecule has 2 atom stereocenters. The summed E-state index contributed by atoms with van der Waals surface area (Å²) in [7, 11) is 0. The Labute approximate surface area is 75.6 Å². The van der Waals surface area contributed by atoms with Gasteiger partial charge in [-0.3, -0.25) is 0 Å². The summed E-state index contributed by atoms with van der Waals surface area (Å²) in [6.07, 6.45) is 1.08. The van der Waals surface area contributed by atoms with Gasteiger partial charge in [-0.2, -0.15) is 25.3 Å². The van der Waals surface area contributed by atoms with Crippen LogP contribution in [0.15, 0.2) is 0 Å². The van der Waals surface area contributed by atoms with Crippen molar-refractivity contribution in [3.8, 4) is 0 Å². The van der Waals surface area contributed by atoms with Crippen LogP contribution < -0.4 is 0 Å². The van der Waals surface area contributed by atoms with Crippen LogP contribution in [0.3, 0.4) is 0 Å². The average Bonchev–Trinajstić information content (AvgIpc) is 1.60. The van der Waals surface area contributed by atoms with Crippen LogP contribution in [0.4, 0.5) is 0 Å². The molecule has 0 fully saturated rings. The zero-order valence-corrected chi connectivity index (χ0v) is 9.05. The molecule has 0 aromatic heterocycles. The summed E-state index contributed by atoms with van der Waals surface area (Å²) >= 11 is 8.82. The highest BCUT2D eigenvalue weighted by Gasteiger charge is 2.21. The zero-order chi connectivity index (χ0) is 8.36. The molecule has 0 radical (unpaired) electrons. The maximum atomic E-state index is 4.50. The fourth-order valence-electron chi connectivity index (χ4n) is 0.677. The molecule has 0 saturated heterocycles. The molecular weight excluding hydrogens is 160 g/mol. The van der Waals surface area contributed by atoms with Crippen molar-refractivity contribution >= 4 is 25.3 Å². The highest BCUT2D eigenvalue weighted by molar-refractivity contribution is 7.81. The molecule has 0 aliphatic heterocycles. The SMILES string of the molecule is CC(S)CC(S)C(C)(C)C. The minimum absolute atomic E-state index is 0.306. The van der Waals surface area contributed by atoms with Crippen molar-refractivity contribution in [2.75, 3.05) is 0 Å². The average molecular weight is 178 g/mol. The van der Waals surface area contributed by atoms with Gasteiger partial charge in [0.1, 0.15) is 0 Å². The van der Waals surface area contributed by atoms with E-state index in [2.05, 4.69) is 53.0 Å². The van der Waals surface area contributed by atoms with Gasteiger partial charge in [-0.15, -0.1) is 0 Å². The Morgan fingerprint density at radius 3 is 1.70 bits per heavy atom. The van der Waals surface area contributed by atoms with Gasteiger partial charge in [0.25, 0.3) is 0 Å². The highest BCUT2D eigenvalue weighted by Crippen LogP contribution is 2.28. The summed E-state index contributed by atoms with van der Waals surface area (Å²) in [5.41, 5.74) is 0.306. The molecule has 0 nitrogen and oxygen atoms in total. The van der Waals surface area contributed by atoms with Gasteiger partial charge < -0.3 is 0 Å². The minimum Gasteiger partial charge on any atom is -0.176 e. The number of hydrogen-bond donors (Lipinski definition) is 2. The smallest absolute Gasteiger partial charge is 0.00756 e. The molecule has 10 heavy (non-hydrogen) atoms. The van der Waals surface area contributed by atoms with E-state index in [4.69, 9.17) is 0 Å². The first-order valence-corrected chi connectivity index (χ1v) is 4.73. The number of thiol groups is 2. The molecule has 0 aliphatic rings. The van der Waals surface area contributed by atoms with Gasteiger partial charge in [0.2, 0.25) is 0 Å². The van der Waals surface area contributed by atoms with Crippen LogP contribution in [0.2, 0.25) is 0 Å². The lowest BCUT2D eigenvalue weighted by molar-refractivity contribution is 0.382. The molecule has 0 aromatic carbocycles. The quantitative estimate of drug-likeness (QED) is 0.597. The maximum Gasteiger partial charge on any atom is 0.00756 e. The van der Waals surface area contributed by atoms with Crippen molar-refractivity contribution < 1.29 is 0 Å². The van der Waals surface area contributed by atoms with E-state index < -0.39 is 0 Å². The molecule has 0 N–H and O–H groups in total. The summed E-state index contributed by atoms with van der Waals surface area (Å²) in [6.45, 7) is 8.74. The van der Waals surface area contributed by atoms with Gasteiger partial charge in [0.05, 0.1) is 0 Å². The Hall–Kier alpha value is 0.700. The number of rotatable bonds is 2. The molecular formula is C8H18S2. The molecule has 0 spiro atoms. The number of hydrogen-bond acceptors (Lipinski definition) is 2. The van der Waals surface area contributed by atoms with Gasteiger partial charge in [-0.05, 0) is 17.1 Å². The minimum atomic E-state index is 0.306. The molecule has 0 bridgehead atoms. The van der Waals surface area contributed by atoms with E-state index in [9.17, 15) is 0 Å². The van der Waals surface area contributed by atoms with E-state index in [1.54, 1.807) is 0 Å². The van der Waals surface area contributed by atoms with Crippen LogP contribution in [-0.2, 0) is 0 Å². The Balaban J connectivity index is 3.73. The molecule has 0 heterocycles. The van der Waals surface area contributed by atoms with Crippen LogP contribution in [0.1, 0.15) is 34.1 Å². The first-order valence-electron chi connectivity index (χ1n) is 3.70. The van der Waals surface area contributed by atoms with E-state index in [0.717, 1.165) is 6.42 Å². The molecule has 0 aliphatic carbocycles. The van der Waals surface area contributed by atoms with Crippen molar-refractivity contribution in [3.05, 3.63) is 0 Å². The van der Waals surface area contributed by atoms with E-state index in [-0.39, 0.29) is 0 Å². The van der Waals surface area contributed by atoms with Crippen molar-refractivity contribution in [3.63, 3.8) is 0 Å². The third-order valence-electron chi connectivity index (χ3n) is 1.56. The van der Waals surface area contributed by atoms with Crippen LogP contribution in [0, 0.1) is 5.41 Å². The largest absolute Gasteiger partial charge is 0.176 e. The van der Waals surface area contributed by atoms with Crippen molar-refractivity contribution in [2.24, 2.45) is 5.41 Å². The molecule has 62 valence electrons. The molecule has 2 heteroatoms. The summed E-state index contributed by atoms with van der Waals surface area (Å²) in [5.74, 6) is 0. The van der Waals surface area contributed by atoms with Crippen LogP contribution in [0.5, 0.6) is 0 Å². The first kappa shape index (κ1) is 10.7. The fourth-order valence-corrected chi connectivity index (χ4v) is 1.37. The van der Waals surface area contributed by atoms with Gasteiger partial charge in [-0.25, -0.2) is 0 Å². The topological polar surface area (TPSA) is 0 Å². The molecule has 2 unspecified atom stereocenters. The van der Waals surface area contributed by atoms with E-state index in [1.165, 1.54) is 0 Å². The van der Waals surface area contributed by atoms with E-state index >= 15 is 0 Å².